The van der Waals surface area contributed by atoms with Gasteiger partial charge in [0.25, 0.3) is 5.91 Å². The average molecular weight is 348 g/mol. The quantitative estimate of drug-likeness (QED) is 0.779. The summed E-state index contributed by atoms with van der Waals surface area (Å²) in [5.41, 5.74) is 2.75. The minimum atomic E-state index is -0.151. The first-order chi connectivity index (χ1) is 10.1. The van der Waals surface area contributed by atoms with Gasteiger partial charge >= 0.3 is 0 Å². The summed E-state index contributed by atoms with van der Waals surface area (Å²) < 4.78 is 8.19. The number of carbonyl (C=O) groups excluding carboxylic acids is 1. The van der Waals surface area contributed by atoms with Crippen molar-refractivity contribution in [2.24, 2.45) is 0 Å². The zero-order valence-electron chi connectivity index (χ0n) is 11.7. The number of halogens is 1. The second kappa shape index (κ2) is 5.37. The molecule has 3 aromatic rings. The first-order valence-electron chi connectivity index (χ1n) is 6.61. The smallest absolute Gasteiger partial charge is 0.272 e. The molecule has 108 valence electrons. The van der Waals surface area contributed by atoms with Gasteiger partial charge in [-0.3, -0.25) is 4.79 Å². The fourth-order valence-electron chi connectivity index (χ4n) is 2.24. The van der Waals surface area contributed by atoms with E-state index in [1.54, 1.807) is 31.2 Å². The van der Waals surface area contributed by atoms with Gasteiger partial charge in [0.05, 0.1) is 0 Å². The summed E-state index contributed by atoms with van der Waals surface area (Å²) in [6, 6.07) is 7.22. The van der Waals surface area contributed by atoms with Crippen LogP contribution in [0, 0.1) is 6.92 Å². The van der Waals surface area contributed by atoms with Crippen molar-refractivity contribution in [2.75, 3.05) is 5.32 Å². The van der Waals surface area contributed by atoms with Crippen LogP contribution in [0.2, 0.25) is 0 Å². The number of carbonyl (C=O) groups is 1. The Morgan fingerprint density at radius 2 is 2.24 bits per heavy atom. The van der Waals surface area contributed by atoms with E-state index in [4.69, 9.17) is 4.42 Å². The van der Waals surface area contributed by atoms with E-state index in [2.05, 4.69) is 26.2 Å². The van der Waals surface area contributed by atoms with Crippen LogP contribution in [-0.2, 0) is 6.54 Å². The molecule has 3 rings (SSSR count). The van der Waals surface area contributed by atoms with E-state index in [1.165, 1.54) is 0 Å². The predicted molar refractivity (Wildman–Crippen MR) is 84.5 cm³/mol. The molecule has 0 radical (unpaired) electrons. The maximum atomic E-state index is 12.4. The molecule has 5 nitrogen and oxygen atoms in total. The van der Waals surface area contributed by atoms with Crippen LogP contribution in [0.15, 0.2) is 39.4 Å². The Hall–Kier alpha value is -2.08. The Labute approximate surface area is 130 Å². The summed E-state index contributed by atoms with van der Waals surface area (Å²) >= 11 is 3.39. The van der Waals surface area contributed by atoms with Gasteiger partial charge in [0.15, 0.2) is 11.5 Å². The van der Waals surface area contributed by atoms with E-state index in [0.29, 0.717) is 22.9 Å². The van der Waals surface area contributed by atoms with Crippen LogP contribution < -0.4 is 5.32 Å². The highest BCUT2D eigenvalue weighted by molar-refractivity contribution is 9.10. The monoisotopic (exact) mass is 347 g/mol. The Kier molecular flexibility index (Phi) is 3.55. The molecule has 0 unspecified atom stereocenters. The van der Waals surface area contributed by atoms with Crippen LogP contribution in [0.1, 0.15) is 23.3 Å². The molecule has 1 N–H and O–H groups in total. The summed E-state index contributed by atoms with van der Waals surface area (Å²) in [7, 11) is 0. The molecule has 2 heterocycles. The molecule has 0 bridgehead atoms. The lowest BCUT2D eigenvalue weighted by molar-refractivity contribution is 0.101. The topological polar surface area (TPSA) is 60.1 Å². The van der Waals surface area contributed by atoms with Crippen molar-refractivity contribution < 1.29 is 9.21 Å². The minimum absolute atomic E-state index is 0.151. The third-order valence-electron chi connectivity index (χ3n) is 3.19. The first-order valence-corrected chi connectivity index (χ1v) is 7.40. The number of anilines is 1. The normalized spacial score (nSPS) is 11.0. The van der Waals surface area contributed by atoms with Crippen LogP contribution in [0.4, 0.5) is 5.69 Å². The number of hydrogen-bond donors (Lipinski definition) is 1. The van der Waals surface area contributed by atoms with Crippen LogP contribution in [0.5, 0.6) is 0 Å². The number of amides is 1. The largest absolute Gasteiger partial charge is 0.441 e. The van der Waals surface area contributed by atoms with Gasteiger partial charge in [0, 0.05) is 29.8 Å². The average Bonchev–Trinajstić information content (AvgIpc) is 2.99. The number of nitrogens with one attached hydrogen (secondary N) is 1. The third kappa shape index (κ3) is 2.71. The zero-order valence-corrected chi connectivity index (χ0v) is 13.3. The summed E-state index contributed by atoms with van der Waals surface area (Å²) in [5.74, 6) is 0.458. The highest BCUT2D eigenvalue weighted by Crippen LogP contribution is 2.21. The van der Waals surface area contributed by atoms with Gasteiger partial charge in [-0.05, 0) is 47.1 Å². The van der Waals surface area contributed by atoms with E-state index in [1.807, 2.05) is 17.7 Å². The summed E-state index contributed by atoms with van der Waals surface area (Å²) in [4.78, 5) is 16.6. The van der Waals surface area contributed by atoms with Gasteiger partial charge in [-0.1, -0.05) is 0 Å². The molecule has 0 fully saturated rings. The number of aromatic nitrogens is 2. The van der Waals surface area contributed by atoms with Crippen molar-refractivity contribution in [3.05, 3.63) is 46.5 Å². The van der Waals surface area contributed by atoms with Crippen molar-refractivity contribution in [2.45, 2.75) is 20.4 Å². The molecule has 0 spiro atoms. The number of nitrogens with zero attached hydrogens (tertiary/aromatic N) is 2. The van der Waals surface area contributed by atoms with E-state index in [0.717, 1.165) is 16.5 Å². The van der Waals surface area contributed by atoms with Crippen LogP contribution >= 0.6 is 15.9 Å². The van der Waals surface area contributed by atoms with Gasteiger partial charge in [0.1, 0.15) is 11.2 Å². The molecular formula is C15H14BrN3O2. The Morgan fingerprint density at radius 1 is 1.43 bits per heavy atom. The molecule has 21 heavy (non-hydrogen) atoms. The SMILES string of the molecule is CCn1cc(Br)cc1C(=O)Nc1ccc2oc(C)nc2c1. The van der Waals surface area contributed by atoms with Gasteiger partial charge < -0.3 is 14.3 Å². The Bertz CT molecular complexity index is 820. The van der Waals surface area contributed by atoms with Gasteiger partial charge in [-0.15, -0.1) is 0 Å². The minimum Gasteiger partial charge on any atom is -0.441 e. The molecular weight excluding hydrogens is 334 g/mol. The number of hydrogen-bond acceptors (Lipinski definition) is 3. The van der Waals surface area contributed by atoms with Crippen molar-refractivity contribution >= 4 is 38.6 Å². The maximum Gasteiger partial charge on any atom is 0.272 e. The summed E-state index contributed by atoms with van der Waals surface area (Å²) in [5, 5.41) is 2.89. The molecule has 0 atom stereocenters. The fraction of sp³-hybridized carbons (Fsp3) is 0.200. The highest BCUT2D eigenvalue weighted by Gasteiger charge is 2.13. The lowest BCUT2D eigenvalue weighted by Gasteiger charge is -2.07. The third-order valence-corrected chi connectivity index (χ3v) is 3.62. The first kappa shape index (κ1) is 13.9. The second-order valence-electron chi connectivity index (χ2n) is 4.70. The van der Waals surface area contributed by atoms with Gasteiger partial charge in [0.2, 0.25) is 0 Å². The number of aryl methyl sites for hydroxylation is 2. The zero-order chi connectivity index (χ0) is 15.0. The van der Waals surface area contributed by atoms with E-state index in [-0.39, 0.29) is 5.91 Å². The molecule has 1 amide bonds. The van der Waals surface area contributed by atoms with E-state index < -0.39 is 0 Å². The lowest BCUT2D eigenvalue weighted by atomic mass is 10.2. The van der Waals surface area contributed by atoms with Crippen LogP contribution in [-0.4, -0.2) is 15.5 Å². The molecule has 2 aromatic heterocycles. The van der Waals surface area contributed by atoms with Crippen molar-refractivity contribution in [1.82, 2.24) is 9.55 Å². The van der Waals surface area contributed by atoms with Crippen LogP contribution in [0.25, 0.3) is 11.1 Å². The summed E-state index contributed by atoms with van der Waals surface area (Å²) in [6.07, 6.45) is 1.89. The van der Waals surface area contributed by atoms with Crippen molar-refractivity contribution in [3.8, 4) is 0 Å². The fourth-order valence-corrected chi connectivity index (χ4v) is 2.71. The molecule has 0 aliphatic heterocycles. The number of rotatable bonds is 3. The Balaban J connectivity index is 1.88. The van der Waals surface area contributed by atoms with E-state index >= 15 is 0 Å². The second-order valence-corrected chi connectivity index (χ2v) is 5.61. The predicted octanol–water partition coefficient (Wildman–Crippen LogP) is 3.97. The lowest BCUT2D eigenvalue weighted by Crippen LogP contribution is -2.16. The number of oxazole rings is 1. The van der Waals surface area contributed by atoms with Crippen molar-refractivity contribution in [1.29, 1.82) is 0 Å². The van der Waals surface area contributed by atoms with Gasteiger partial charge in [-0.25, -0.2) is 4.98 Å². The molecule has 0 saturated carbocycles. The van der Waals surface area contributed by atoms with Crippen LogP contribution in [0.3, 0.4) is 0 Å². The molecule has 1 aromatic carbocycles. The number of benzene rings is 1. The van der Waals surface area contributed by atoms with Crippen molar-refractivity contribution in [3.63, 3.8) is 0 Å². The molecule has 0 aliphatic carbocycles. The highest BCUT2D eigenvalue weighted by atomic mass is 79.9. The summed E-state index contributed by atoms with van der Waals surface area (Å²) in [6.45, 7) is 4.52. The maximum absolute atomic E-state index is 12.4. The molecule has 0 saturated heterocycles. The standard InChI is InChI=1S/C15H14BrN3O2/c1-3-19-8-10(16)6-13(19)15(20)18-11-4-5-14-12(7-11)17-9(2)21-14/h4-8H,3H2,1-2H3,(H,18,20). The number of fused-ring (bicyclic) bond motifs is 1. The van der Waals surface area contributed by atoms with Gasteiger partial charge in [-0.2, -0.15) is 0 Å². The molecule has 6 heteroatoms. The Morgan fingerprint density at radius 3 is 3.00 bits per heavy atom. The van der Waals surface area contributed by atoms with E-state index in [9.17, 15) is 4.79 Å². The molecule has 0 aliphatic rings.